The Morgan fingerprint density at radius 2 is 1.75 bits per heavy atom. The first-order valence-corrected chi connectivity index (χ1v) is 6.77. The van der Waals surface area contributed by atoms with Crippen LogP contribution in [0.3, 0.4) is 0 Å². The van der Waals surface area contributed by atoms with Gasteiger partial charge in [0, 0.05) is 4.47 Å². The molecule has 2 aromatic rings. The molecule has 1 N–H and O–H groups in total. The molecule has 2 rings (SSSR count). The molecule has 0 heterocycles. The number of benzene rings is 2. The zero-order valence-corrected chi connectivity index (χ0v) is 12.3. The molecule has 20 heavy (non-hydrogen) atoms. The quantitative estimate of drug-likeness (QED) is 0.775. The molecule has 106 valence electrons. The minimum absolute atomic E-state index is 0.186. The van der Waals surface area contributed by atoms with Crippen molar-refractivity contribution in [2.75, 3.05) is 0 Å². The maximum atomic E-state index is 12.9. The van der Waals surface area contributed by atoms with E-state index in [4.69, 9.17) is 11.6 Å². The van der Waals surface area contributed by atoms with Crippen LogP contribution in [0.15, 0.2) is 46.9 Å². The van der Waals surface area contributed by atoms with Gasteiger partial charge in [-0.05, 0) is 45.3 Å². The third-order valence-corrected chi connectivity index (χ3v) is 4.03. The summed E-state index contributed by atoms with van der Waals surface area (Å²) in [5.41, 5.74) is -0.703. The van der Waals surface area contributed by atoms with E-state index in [1.165, 1.54) is 36.4 Å². The number of hydrogen-bond donors (Lipinski definition) is 1. The fourth-order valence-electron chi connectivity index (χ4n) is 1.86. The molecule has 0 saturated carbocycles. The van der Waals surface area contributed by atoms with E-state index in [0.717, 1.165) is 6.07 Å². The molecule has 0 bridgehead atoms. The molecule has 0 saturated heterocycles. The van der Waals surface area contributed by atoms with Gasteiger partial charge >= 0.3 is 6.18 Å². The van der Waals surface area contributed by atoms with Gasteiger partial charge in [-0.1, -0.05) is 35.9 Å². The Kier molecular flexibility index (Phi) is 4.42. The normalized spacial score (nSPS) is 13.3. The highest BCUT2D eigenvalue weighted by Gasteiger charge is 2.34. The van der Waals surface area contributed by atoms with E-state index >= 15 is 0 Å². The molecule has 0 aliphatic carbocycles. The number of alkyl halides is 3. The van der Waals surface area contributed by atoms with Gasteiger partial charge in [-0.3, -0.25) is 0 Å². The Bertz CT molecular complexity index is 628. The first-order chi connectivity index (χ1) is 9.30. The highest BCUT2D eigenvalue weighted by atomic mass is 79.9. The molecule has 1 atom stereocenters. The molecule has 6 heteroatoms. The molecule has 0 aromatic heterocycles. The summed E-state index contributed by atoms with van der Waals surface area (Å²) in [5, 5.41) is 10.6. The molecule has 2 aromatic carbocycles. The lowest BCUT2D eigenvalue weighted by atomic mass is 9.96. The first kappa shape index (κ1) is 15.4. The SMILES string of the molecule is OC(c1ccc(Cl)c(Br)c1)c1ccccc1C(F)(F)F. The van der Waals surface area contributed by atoms with Crippen molar-refractivity contribution >= 4 is 27.5 Å². The Hall–Kier alpha value is -1.04. The zero-order chi connectivity index (χ0) is 14.9. The third kappa shape index (κ3) is 3.16. The van der Waals surface area contributed by atoms with Crippen LogP contribution in [0, 0.1) is 0 Å². The van der Waals surface area contributed by atoms with Crippen molar-refractivity contribution in [1.82, 2.24) is 0 Å². The van der Waals surface area contributed by atoms with Gasteiger partial charge in [0.25, 0.3) is 0 Å². The minimum Gasteiger partial charge on any atom is -0.384 e. The lowest BCUT2D eigenvalue weighted by Gasteiger charge is -2.18. The van der Waals surface area contributed by atoms with E-state index in [-0.39, 0.29) is 5.56 Å². The summed E-state index contributed by atoms with van der Waals surface area (Å²) in [6.07, 6.45) is -5.89. The average molecular weight is 366 g/mol. The summed E-state index contributed by atoms with van der Waals surface area (Å²) in [7, 11) is 0. The largest absolute Gasteiger partial charge is 0.416 e. The van der Waals surface area contributed by atoms with E-state index in [1.54, 1.807) is 0 Å². The second-order valence-electron chi connectivity index (χ2n) is 4.16. The summed E-state index contributed by atoms with van der Waals surface area (Å²) < 4.78 is 39.3. The molecular formula is C14H9BrClF3O. The van der Waals surface area contributed by atoms with Crippen molar-refractivity contribution in [3.05, 3.63) is 68.7 Å². The van der Waals surface area contributed by atoms with Crippen LogP contribution in [0.2, 0.25) is 5.02 Å². The number of aliphatic hydroxyl groups excluding tert-OH is 1. The molecule has 0 aliphatic rings. The van der Waals surface area contributed by atoms with Crippen molar-refractivity contribution < 1.29 is 18.3 Å². The number of rotatable bonds is 2. The van der Waals surface area contributed by atoms with Gasteiger partial charge in [0.05, 0.1) is 10.6 Å². The standard InChI is InChI=1S/C14H9BrClF3O/c15-11-7-8(5-6-12(11)16)13(20)9-3-1-2-4-10(9)14(17,18)19/h1-7,13,20H. The molecule has 0 radical (unpaired) electrons. The predicted octanol–water partition coefficient (Wildman–Crippen LogP) is 5.20. The van der Waals surface area contributed by atoms with E-state index < -0.39 is 17.8 Å². The highest BCUT2D eigenvalue weighted by molar-refractivity contribution is 9.10. The summed E-state index contributed by atoms with van der Waals surface area (Å²) >= 11 is 9.01. The second kappa shape index (κ2) is 5.76. The maximum Gasteiger partial charge on any atom is 0.416 e. The van der Waals surface area contributed by atoms with Crippen LogP contribution >= 0.6 is 27.5 Å². The summed E-state index contributed by atoms with van der Waals surface area (Å²) in [4.78, 5) is 0. The fraction of sp³-hybridized carbons (Fsp3) is 0.143. The predicted molar refractivity (Wildman–Crippen MR) is 74.7 cm³/mol. The van der Waals surface area contributed by atoms with Crippen LogP contribution in [0.5, 0.6) is 0 Å². The van der Waals surface area contributed by atoms with Gasteiger partial charge in [-0.2, -0.15) is 13.2 Å². The molecule has 0 aliphatic heterocycles. The van der Waals surface area contributed by atoms with Crippen molar-refractivity contribution in [2.24, 2.45) is 0 Å². The van der Waals surface area contributed by atoms with Gasteiger partial charge in [-0.15, -0.1) is 0 Å². The molecule has 1 unspecified atom stereocenters. The van der Waals surface area contributed by atoms with Gasteiger partial charge in [0.15, 0.2) is 0 Å². The fourth-order valence-corrected chi connectivity index (χ4v) is 2.37. The third-order valence-electron chi connectivity index (χ3n) is 2.82. The van der Waals surface area contributed by atoms with Crippen LogP contribution in [-0.2, 0) is 6.18 Å². The van der Waals surface area contributed by atoms with Gasteiger partial charge in [-0.25, -0.2) is 0 Å². The van der Waals surface area contributed by atoms with Crippen LogP contribution in [-0.4, -0.2) is 5.11 Å². The van der Waals surface area contributed by atoms with Gasteiger partial charge in [0.2, 0.25) is 0 Å². The molecule has 0 amide bonds. The maximum absolute atomic E-state index is 12.9. The Morgan fingerprint density at radius 3 is 2.35 bits per heavy atom. The Labute approximate surface area is 127 Å². The molecule has 1 nitrogen and oxygen atoms in total. The lowest BCUT2D eigenvalue weighted by Crippen LogP contribution is -2.12. The number of aliphatic hydroxyl groups is 1. The van der Waals surface area contributed by atoms with Crippen LogP contribution in [0.1, 0.15) is 22.8 Å². The Morgan fingerprint density at radius 1 is 1.10 bits per heavy atom. The monoisotopic (exact) mass is 364 g/mol. The van der Waals surface area contributed by atoms with E-state index in [9.17, 15) is 18.3 Å². The molecule has 0 fully saturated rings. The van der Waals surface area contributed by atoms with Gasteiger partial charge < -0.3 is 5.11 Å². The molecular weight excluding hydrogens is 357 g/mol. The van der Waals surface area contributed by atoms with Crippen LogP contribution < -0.4 is 0 Å². The van der Waals surface area contributed by atoms with E-state index in [0.29, 0.717) is 15.1 Å². The van der Waals surface area contributed by atoms with E-state index in [2.05, 4.69) is 15.9 Å². The van der Waals surface area contributed by atoms with Crippen molar-refractivity contribution in [3.8, 4) is 0 Å². The number of hydrogen-bond acceptors (Lipinski definition) is 1. The summed E-state index contributed by atoms with van der Waals surface area (Å²) in [5.74, 6) is 0. The van der Waals surface area contributed by atoms with Gasteiger partial charge in [0.1, 0.15) is 6.10 Å². The first-order valence-electron chi connectivity index (χ1n) is 5.60. The Balaban J connectivity index is 2.48. The van der Waals surface area contributed by atoms with Crippen LogP contribution in [0.4, 0.5) is 13.2 Å². The van der Waals surface area contributed by atoms with Crippen molar-refractivity contribution in [1.29, 1.82) is 0 Å². The van der Waals surface area contributed by atoms with Crippen molar-refractivity contribution in [3.63, 3.8) is 0 Å². The zero-order valence-electron chi connectivity index (χ0n) is 9.96. The topological polar surface area (TPSA) is 20.2 Å². The van der Waals surface area contributed by atoms with E-state index in [1.807, 2.05) is 0 Å². The molecule has 0 spiro atoms. The minimum atomic E-state index is -4.51. The average Bonchev–Trinajstić information content (AvgIpc) is 2.40. The highest BCUT2D eigenvalue weighted by Crippen LogP contribution is 2.37. The van der Waals surface area contributed by atoms with Crippen LogP contribution in [0.25, 0.3) is 0 Å². The smallest absolute Gasteiger partial charge is 0.384 e. The van der Waals surface area contributed by atoms with Crippen molar-refractivity contribution in [2.45, 2.75) is 12.3 Å². The lowest BCUT2D eigenvalue weighted by molar-refractivity contribution is -0.139. The second-order valence-corrected chi connectivity index (χ2v) is 5.42. The summed E-state index contributed by atoms with van der Waals surface area (Å²) in [6.45, 7) is 0. The number of halogens is 5. The summed E-state index contributed by atoms with van der Waals surface area (Å²) in [6, 6.07) is 9.46.